The van der Waals surface area contributed by atoms with E-state index in [1.165, 1.54) is 4.31 Å². The summed E-state index contributed by atoms with van der Waals surface area (Å²) >= 11 is 0. The van der Waals surface area contributed by atoms with Crippen molar-refractivity contribution in [2.45, 2.75) is 32.8 Å². The van der Waals surface area contributed by atoms with Crippen LogP contribution in [0.2, 0.25) is 0 Å². The Kier molecular flexibility index (Phi) is 6.12. The molecule has 1 amide bonds. The molecule has 2 aliphatic rings. The van der Waals surface area contributed by atoms with Crippen molar-refractivity contribution in [1.29, 1.82) is 0 Å². The normalized spacial score (nSPS) is 20.3. The zero-order valence-electron chi connectivity index (χ0n) is 16.2. The van der Waals surface area contributed by atoms with E-state index >= 15 is 0 Å². The first-order valence-electron chi connectivity index (χ1n) is 9.59. The lowest BCUT2D eigenvalue weighted by atomic mass is 9.96. The number of ether oxygens (including phenoxy) is 2. The van der Waals surface area contributed by atoms with E-state index in [4.69, 9.17) is 9.47 Å². The molecule has 0 saturated carbocycles. The van der Waals surface area contributed by atoms with Gasteiger partial charge in [-0.1, -0.05) is 12.1 Å². The topological polar surface area (TPSA) is 93.2 Å². The Balaban J connectivity index is 1.72. The summed E-state index contributed by atoms with van der Waals surface area (Å²) in [5.74, 6) is -0.363. The molecule has 28 heavy (non-hydrogen) atoms. The predicted octanol–water partition coefficient (Wildman–Crippen LogP) is 1.41. The first kappa shape index (κ1) is 20.4. The highest BCUT2D eigenvalue weighted by molar-refractivity contribution is 7.92. The number of benzene rings is 1. The molecule has 1 aromatic carbocycles. The maximum absolute atomic E-state index is 13.0. The van der Waals surface area contributed by atoms with Gasteiger partial charge in [0.2, 0.25) is 10.0 Å². The standard InChI is InChI=1S/C19H26N2O6S/c1-3-26-19(23)14-9-11-20(12-10-14)18(22)17-13-21(28(24,25)4-2)15-7-5-6-8-16(15)27-17/h5-8,14,17H,3-4,9-13H2,1-2H3/t17-/m1/s1. The van der Waals surface area contributed by atoms with E-state index in [0.717, 1.165) is 0 Å². The van der Waals surface area contributed by atoms with Gasteiger partial charge in [-0.25, -0.2) is 8.42 Å². The summed E-state index contributed by atoms with van der Waals surface area (Å²) in [4.78, 5) is 26.5. The maximum Gasteiger partial charge on any atom is 0.309 e. The van der Waals surface area contributed by atoms with Crippen molar-refractivity contribution in [3.63, 3.8) is 0 Å². The van der Waals surface area contributed by atoms with Crippen LogP contribution >= 0.6 is 0 Å². The van der Waals surface area contributed by atoms with Crippen LogP contribution in [0.1, 0.15) is 26.7 Å². The molecule has 1 aromatic rings. The molecule has 1 saturated heterocycles. The van der Waals surface area contributed by atoms with Crippen molar-refractivity contribution >= 4 is 27.6 Å². The Bertz CT molecular complexity index is 833. The minimum Gasteiger partial charge on any atom is -0.476 e. The van der Waals surface area contributed by atoms with Crippen molar-refractivity contribution < 1.29 is 27.5 Å². The van der Waals surface area contributed by atoms with E-state index in [1.54, 1.807) is 43.0 Å². The molecule has 0 unspecified atom stereocenters. The van der Waals surface area contributed by atoms with Crippen LogP contribution in [0, 0.1) is 5.92 Å². The number of para-hydroxylation sites is 2. The smallest absolute Gasteiger partial charge is 0.309 e. The van der Waals surface area contributed by atoms with Gasteiger partial charge in [0.15, 0.2) is 6.10 Å². The van der Waals surface area contributed by atoms with Gasteiger partial charge in [0.1, 0.15) is 5.75 Å². The number of piperidine rings is 1. The lowest BCUT2D eigenvalue weighted by Crippen LogP contribution is -2.53. The number of amides is 1. The summed E-state index contributed by atoms with van der Waals surface area (Å²) in [5, 5.41) is 0. The number of hydrogen-bond acceptors (Lipinski definition) is 6. The molecule has 1 atom stereocenters. The fraction of sp³-hybridized carbons (Fsp3) is 0.579. The third kappa shape index (κ3) is 4.09. The van der Waals surface area contributed by atoms with E-state index in [0.29, 0.717) is 44.0 Å². The van der Waals surface area contributed by atoms with Crippen molar-refractivity contribution in [2.24, 2.45) is 5.92 Å². The molecular weight excluding hydrogens is 384 g/mol. The van der Waals surface area contributed by atoms with Crippen LogP contribution in [-0.2, 0) is 24.3 Å². The number of anilines is 1. The molecule has 0 aliphatic carbocycles. The third-order valence-corrected chi connectivity index (χ3v) is 6.88. The highest BCUT2D eigenvalue weighted by Gasteiger charge is 2.39. The summed E-state index contributed by atoms with van der Waals surface area (Å²) in [6, 6.07) is 6.82. The minimum atomic E-state index is -3.54. The van der Waals surface area contributed by atoms with Gasteiger partial charge < -0.3 is 14.4 Å². The van der Waals surface area contributed by atoms with Gasteiger partial charge in [0.25, 0.3) is 5.91 Å². The maximum atomic E-state index is 13.0. The molecule has 154 valence electrons. The molecule has 3 rings (SSSR count). The summed E-state index contributed by atoms with van der Waals surface area (Å²) < 4.78 is 37.2. The number of nitrogens with zero attached hydrogens (tertiary/aromatic N) is 2. The molecule has 0 aromatic heterocycles. The second kappa shape index (κ2) is 8.38. The first-order chi connectivity index (χ1) is 13.4. The molecule has 0 bridgehead atoms. The number of hydrogen-bond donors (Lipinski definition) is 0. The number of carbonyl (C=O) groups is 2. The van der Waals surface area contributed by atoms with Crippen LogP contribution in [0.4, 0.5) is 5.69 Å². The molecule has 8 nitrogen and oxygen atoms in total. The van der Waals surface area contributed by atoms with E-state index in [9.17, 15) is 18.0 Å². The van der Waals surface area contributed by atoms with Crippen molar-refractivity contribution in [3.8, 4) is 5.75 Å². The number of sulfonamides is 1. The van der Waals surface area contributed by atoms with Crippen molar-refractivity contribution in [2.75, 3.05) is 36.3 Å². The monoisotopic (exact) mass is 410 g/mol. The van der Waals surface area contributed by atoms with E-state index < -0.39 is 16.1 Å². The Hall–Kier alpha value is -2.29. The summed E-state index contributed by atoms with van der Waals surface area (Å²) in [6.07, 6.45) is 0.158. The largest absolute Gasteiger partial charge is 0.476 e. The van der Waals surface area contributed by atoms with Crippen LogP contribution in [0.5, 0.6) is 5.75 Å². The predicted molar refractivity (Wildman–Crippen MR) is 104 cm³/mol. The molecule has 1 fully saturated rings. The summed E-state index contributed by atoms with van der Waals surface area (Å²) in [6.45, 7) is 4.48. The Morgan fingerprint density at radius 2 is 1.86 bits per heavy atom. The van der Waals surface area contributed by atoms with Gasteiger partial charge in [0.05, 0.1) is 30.5 Å². The SMILES string of the molecule is CCOC(=O)C1CCN(C(=O)[C@H]2CN(S(=O)(=O)CC)c3ccccc3O2)CC1. The number of fused-ring (bicyclic) bond motifs is 1. The van der Waals surface area contributed by atoms with Crippen LogP contribution in [0.15, 0.2) is 24.3 Å². The molecule has 2 aliphatic heterocycles. The number of rotatable bonds is 5. The van der Waals surface area contributed by atoms with E-state index in [-0.39, 0.29) is 30.1 Å². The molecule has 0 N–H and O–H groups in total. The number of carbonyl (C=O) groups excluding carboxylic acids is 2. The molecular formula is C19H26N2O6S. The van der Waals surface area contributed by atoms with Crippen molar-refractivity contribution in [3.05, 3.63) is 24.3 Å². The average Bonchev–Trinajstić information content (AvgIpc) is 2.72. The van der Waals surface area contributed by atoms with E-state index in [1.807, 2.05) is 0 Å². The average molecular weight is 410 g/mol. The number of likely N-dealkylation sites (tertiary alicyclic amines) is 1. The summed E-state index contributed by atoms with van der Waals surface area (Å²) in [5.41, 5.74) is 0.453. The first-order valence-corrected chi connectivity index (χ1v) is 11.2. The zero-order chi connectivity index (χ0) is 20.3. The van der Waals surface area contributed by atoms with Gasteiger partial charge in [0, 0.05) is 13.1 Å². The van der Waals surface area contributed by atoms with Crippen LogP contribution in [-0.4, -0.2) is 63.3 Å². The lowest BCUT2D eigenvalue weighted by Gasteiger charge is -2.38. The Labute approximate surface area is 165 Å². The third-order valence-electron chi connectivity index (χ3n) is 5.14. The summed E-state index contributed by atoms with van der Waals surface area (Å²) in [7, 11) is -3.54. The van der Waals surface area contributed by atoms with Gasteiger partial charge in [-0.3, -0.25) is 13.9 Å². The molecule has 9 heteroatoms. The lowest BCUT2D eigenvalue weighted by molar-refractivity contribution is -0.152. The minimum absolute atomic E-state index is 0.0518. The molecule has 0 radical (unpaired) electrons. The van der Waals surface area contributed by atoms with Gasteiger partial charge in [-0.2, -0.15) is 0 Å². The zero-order valence-corrected chi connectivity index (χ0v) is 17.0. The second-order valence-corrected chi connectivity index (χ2v) is 9.04. The quantitative estimate of drug-likeness (QED) is 0.682. The Morgan fingerprint density at radius 1 is 1.18 bits per heavy atom. The fourth-order valence-corrected chi connectivity index (χ4v) is 4.67. The van der Waals surface area contributed by atoms with Crippen LogP contribution in [0.3, 0.4) is 0 Å². The Morgan fingerprint density at radius 3 is 2.50 bits per heavy atom. The molecule has 0 spiro atoms. The highest BCUT2D eigenvalue weighted by Crippen LogP contribution is 2.35. The van der Waals surface area contributed by atoms with Gasteiger partial charge >= 0.3 is 5.97 Å². The van der Waals surface area contributed by atoms with Crippen molar-refractivity contribution in [1.82, 2.24) is 4.90 Å². The van der Waals surface area contributed by atoms with Gasteiger partial charge in [-0.15, -0.1) is 0 Å². The van der Waals surface area contributed by atoms with Crippen LogP contribution in [0.25, 0.3) is 0 Å². The highest BCUT2D eigenvalue weighted by atomic mass is 32.2. The number of esters is 1. The molecule has 2 heterocycles. The second-order valence-electron chi connectivity index (χ2n) is 6.86. The fourth-order valence-electron chi connectivity index (χ4n) is 3.55. The van der Waals surface area contributed by atoms with Crippen LogP contribution < -0.4 is 9.04 Å². The van der Waals surface area contributed by atoms with Gasteiger partial charge in [-0.05, 0) is 38.8 Å². The van der Waals surface area contributed by atoms with E-state index in [2.05, 4.69) is 0 Å².